The van der Waals surface area contributed by atoms with Crippen LogP contribution in [0.15, 0.2) is 30.6 Å². The van der Waals surface area contributed by atoms with E-state index in [-0.39, 0.29) is 11.3 Å². The van der Waals surface area contributed by atoms with Crippen LogP contribution in [0.4, 0.5) is 10.1 Å². The molecule has 2 aromatic rings. The van der Waals surface area contributed by atoms with Gasteiger partial charge in [-0.1, -0.05) is 0 Å². The van der Waals surface area contributed by atoms with Gasteiger partial charge in [0, 0.05) is 18.8 Å². The quantitative estimate of drug-likeness (QED) is 0.775. The Bertz CT molecular complexity index is 698. The van der Waals surface area contributed by atoms with Gasteiger partial charge in [0.1, 0.15) is 11.9 Å². The van der Waals surface area contributed by atoms with Crippen LogP contribution in [0.1, 0.15) is 22.0 Å². The first-order chi connectivity index (χ1) is 9.88. The van der Waals surface area contributed by atoms with E-state index in [9.17, 15) is 14.0 Å². The molecule has 0 spiro atoms. The lowest BCUT2D eigenvalue weighted by Crippen LogP contribution is -2.28. The Labute approximate surface area is 119 Å². The third-order valence-corrected chi connectivity index (χ3v) is 2.84. The molecular formula is C13H13FN4O3. The Morgan fingerprint density at radius 2 is 2.19 bits per heavy atom. The SMILES string of the molecule is Cn1cc(C(N)C(=O)Nc2cc(C(=O)O)ccc2F)cn1. The zero-order valence-corrected chi connectivity index (χ0v) is 11.1. The Morgan fingerprint density at radius 3 is 2.76 bits per heavy atom. The number of hydrogen-bond acceptors (Lipinski definition) is 4. The van der Waals surface area contributed by atoms with Gasteiger partial charge in [-0.15, -0.1) is 0 Å². The molecule has 2 rings (SSSR count). The van der Waals surface area contributed by atoms with E-state index >= 15 is 0 Å². The highest BCUT2D eigenvalue weighted by Gasteiger charge is 2.19. The second-order valence-corrected chi connectivity index (χ2v) is 4.41. The largest absolute Gasteiger partial charge is 0.478 e. The van der Waals surface area contributed by atoms with Crippen LogP contribution >= 0.6 is 0 Å². The molecule has 110 valence electrons. The summed E-state index contributed by atoms with van der Waals surface area (Å²) >= 11 is 0. The summed E-state index contributed by atoms with van der Waals surface area (Å²) in [5.41, 5.74) is 5.83. The topological polar surface area (TPSA) is 110 Å². The van der Waals surface area contributed by atoms with Gasteiger partial charge in [0.2, 0.25) is 5.91 Å². The molecule has 0 aliphatic rings. The van der Waals surface area contributed by atoms with E-state index < -0.39 is 23.7 Å². The van der Waals surface area contributed by atoms with Crippen molar-refractivity contribution in [2.75, 3.05) is 5.32 Å². The Balaban J connectivity index is 2.19. The molecule has 1 unspecified atom stereocenters. The number of anilines is 1. The first-order valence-corrected chi connectivity index (χ1v) is 5.96. The van der Waals surface area contributed by atoms with Crippen molar-refractivity contribution < 1.29 is 19.1 Å². The second kappa shape index (κ2) is 5.71. The van der Waals surface area contributed by atoms with Crippen molar-refractivity contribution in [3.63, 3.8) is 0 Å². The molecule has 1 atom stereocenters. The summed E-state index contributed by atoms with van der Waals surface area (Å²) in [4.78, 5) is 22.8. The highest BCUT2D eigenvalue weighted by Crippen LogP contribution is 2.18. The Hall–Kier alpha value is -2.74. The van der Waals surface area contributed by atoms with Crippen LogP contribution in [0.3, 0.4) is 0 Å². The van der Waals surface area contributed by atoms with Gasteiger partial charge in [0.15, 0.2) is 0 Å². The summed E-state index contributed by atoms with van der Waals surface area (Å²) in [6.07, 6.45) is 2.99. The van der Waals surface area contributed by atoms with Crippen molar-refractivity contribution in [1.82, 2.24) is 9.78 Å². The van der Waals surface area contributed by atoms with Crippen molar-refractivity contribution >= 4 is 17.6 Å². The predicted octanol–water partition coefficient (Wildman–Crippen LogP) is 0.896. The maximum absolute atomic E-state index is 13.6. The van der Waals surface area contributed by atoms with Crippen LogP contribution in [0.25, 0.3) is 0 Å². The molecule has 0 fully saturated rings. The monoisotopic (exact) mass is 292 g/mol. The molecule has 7 nitrogen and oxygen atoms in total. The highest BCUT2D eigenvalue weighted by atomic mass is 19.1. The molecule has 4 N–H and O–H groups in total. The molecule has 0 saturated carbocycles. The predicted molar refractivity (Wildman–Crippen MR) is 72.1 cm³/mol. The molecule has 0 aliphatic heterocycles. The number of aromatic nitrogens is 2. The molecular weight excluding hydrogens is 279 g/mol. The molecule has 0 aliphatic carbocycles. The lowest BCUT2D eigenvalue weighted by molar-refractivity contribution is -0.117. The van der Waals surface area contributed by atoms with E-state index in [1.165, 1.54) is 10.9 Å². The summed E-state index contributed by atoms with van der Waals surface area (Å²) in [7, 11) is 1.67. The zero-order valence-electron chi connectivity index (χ0n) is 11.1. The summed E-state index contributed by atoms with van der Waals surface area (Å²) in [5, 5.41) is 15.0. The van der Waals surface area contributed by atoms with Crippen molar-refractivity contribution in [2.45, 2.75) is 6.04 Å². The van der Waals surface area contributed by atoms with Crippen LogP contribution in [0, 0.1) is 5.82 Å². The number of carboxylic acid groups (broad SMARTS) is 1. The van der Waals surface area contributed by atoms with Gasteiger partial charge in [-0.25, -0.2) is 9.18 Å². The fraction of sp³-hybridized carbons (Fsp3) is 0.154. The fourth-order valence-corrected chi connectivity index (χ4v) is 1.72. The first kappa shape index (κ1) is 14.7. The minimum Gasteiger partial charge on any atom is -0.478 e. The normalized spacial score (nSPS) is 12.0. The Kier molecular flexibility index (Phi) is 3.99. The molecule has 0 saturated heterocycles. The van der Waals surface area contributed by atoms with Gasteiger partial charge in [-0.3, -0.25) is 9.48 Å². The number of carbonyl (C=O) groups excluding carboxylic acids is 1. The molecule has 8 heteroatoms. The van der Waals surface area contributed by atoms with E-state index in [1.54, 1.807) is 13.2 Å². The number of carboxylic acids is 1. The molecule has 21 heavy (non-hydrogen) atoms. The number of amides is 1. The third kappa shape index (κ3) is 3.23. The molecule has 1 amide bonds. The van der Waals surface area contributed by atoms with Crippen LogP contribution in [0.5, 0.6) is 0 Å². The number of aromatic carboxylic acids is 1. The number of nitrogens with zero attached hydrogens (tertiary/aromatic N) is 2. The number of hydrogen-bond donors (Lipinski definition) is 3. The summed E-state index contributed by atoms with van der Waals surface area (Å²) in [6.45, 7) is 0. The third-order valence-electron chi connectivity index (χ3n) is 2.84. The number of carbonyl (C=O) groups is 2. The van der Waals surface area contributed by atoms with E-state index in [0.717, 1.165) is 18.2 Å². The van der Waals surface area contributed by atoms with Crippen LogP contribution < -0.4 is 11.1 Å². The zero-order chi connectivity index (χ0) is 15.6. The van der Waals surface area contributed by atoms with Crippen molar-refractivity contribution in [3.8, 4) is 0 Å². The van der Waals surface area contributed by atoms with Crippen molar-refractivity contribution in [2.24, 2.45) is 12.8 Å². The van der Waals surface area contributed by atoms with E-state index in [0.29, 0.717) is 5.56 Å². The van der Waals surface area contributed by atoms with Gasteiger partial charge in [0.05, 0.1) is 17.4 Å². The Morgan fingerprint density at radius 1 is 1.48 bits per heavy atom. The van der Waals surface area contributed by atoms with Crippen LogP contribution in [-0.2, 0) is 11.8 Å². The number of aryl methyl sites for hydroxylation is 1. The minimum atomic E-state index is -1.22. The number of nitrogens with two attached hydrogens (primary N) is 1. The van der Waals surface area contributed by atoms with Crippen molar-refractivity contribution in [1.29, 1.82) is 0 Å². The van der Waals surface area contributed by atoms with E-state index in [4.69, 9.17) is 10.8 Å². The highest BCUT2D eigenvalue weighted by molar-refractivity contribution is 5.97. The molecule has 1 heterocycles. The summed E-state index contributed by atoms with van der Waals surface area (Å²) in [6, 6.07) is 2.07. The molecule has 0 bridgehead atoms. The average molecular weight is 292 g/mol. The summed E-state index contributed by atoms with van der Waals surface area (Å²) < 4.78 is 15.1. The average Bonchev–Trinajstić information content (AvgIpc) is 2.86. The van der Waals surface area contributed by atoms with E-state index in [2.05, 4.69) is 10.4 Å². The number of rotatable bonds is 4. The standard InChI is InChI=1S/C13H13FN4O3/c1-18-6-8(5-16-18)11(15)12(19)17-10-4-7(13(20)21)2-3-9(10)14/h2-6,11H,15H2,1H3,(H,17,19)(H,20,21). The van der Waals surface area contributed by atoms with Crippen LogP contribution in [-0.4, -0.2) is 26.8 Å². The lowest BCUT2D eigenvalue weighted by Gasteiger charge is -2.11. The molecule has 0 radical (unpaired) electrons. The molecule has 1 aromatic heterocycles. The fourth-order valence-electron chi connectivity index (χ4n) is 1.72. The van der Waals surface area contributed by atoms with Gasteiger partial charge < -0.3 is 16.2 Å². The van der Waals surface area contributed by atoms with E-state index in [1.807, 2.05) is 0 Å². The van der Waals surface area contributed by atoms with Gasteiger partial charge in [-0.2, -0.15) is 5.10 Å². The maximum atomic E-state index is 13.6. The number of nitrogens with one attached hydrogen (secondary N) is 1. The lowest BCUT2D eigenvalue weighted by atomic mass is 10.1. The second-order valence-electron chi connectivity index (χ2n) is 4.41. The smallest absolute Gasteiger partial charge is 0.335 e. The molecule has 1 aromatic carbocycles. The van der Waals surface area contributed by atoms with Crippen molar-refractivity contribution in [3.05, 3.63) is 47.5 Å². The summed E-state index contributed by atoms with van der Waals surface area (Å²) in [5.74, 6) is -2.63. The van der Waals surface area contributed by atoms with Crippen LogP contribution in [0.2, 0.25) is 0 Å². The van der Waals surface area contributed by atoms with Gasteiger partial charge in [0.25, 0.3) is 0 Å². The maximum Gasteiger partial charge on any atom is 0.335 e. The number of halogens is 1. The minimum absolute atomic E-state index is 0.137. The van der Waals surface area contributed by atoms with Gasteiger partial charge in [-0.05, 0) is 18.2 Å². The van der Waals surface area contributed by atoms with Gasteiger partial charge >= 0.3 is 5.97 Å². The number of benzene rings is 1. The first-order valence-electron chi connectivity index (χ1n) is 5.96.